The maximum Gasteiger partial charge on any atom is -0.0146 e. The number of hydrogen-bond acceptors (Lipinski definition) is 0. The molecule has 0 aliphatic heterocycles. The summed E-state index contributed by atoms with van der Waals surface area (Å²) in [6, 6.07) is 0. The Morgan fingerprint density at radius 3 is 1.07 bits per heavy atom. The predicted octanol–water partition coefficient (Wildman–Crippen LogP) is 5.09. The van der Waals surface area contributed by atoms with Gasteiger partial charge in [-0.1, -0.05) is 62.3 Å². The number of hydrogen-bond donors (Lipinski definition) is 0. The van der Waals surface area contributed by atoms with Crippen molar-refractivity contribution in [1.82, 2.24) is 0 Å². The Kier molecular flexibility index (Phi) is 3.87. The standard InChI is InChI=1S/C14H29/c1-10-14(11(2)3,12(4,5)6)13(7,8)9/h10H2,1-9H3. The van der Waals surface area contributed by atoms with E-state index in [2.05, 4.69) is 62.3 Å². The van der Waals surface area contributed by atoms with Gasteiger partial charge in [0.1, 0.15) is 0 Å². The van der Waals surface area contributed by atoms with Crippen LogP contribution in [0.25, 0.3) is 0 Å². The fourth-order valence-electron chi connectivity index (χ4n) is 4.04. The van der Waals surface area contributed by atoms with E-state index in [1.165, 1.54) is 6.42 Å². The van der Waals surface area contributed by atoms with Crippen molar-refractivity contribution < 1.29 is 0 Å². The topological polar surface area (TPSA) is 0 Å². The molecule has 0 aromatic heterocycles. The Balaban J connectivity index is 5.45. The van der Waals surface area contributed by atoms with Gasteiger partial charge < -0.3 is 0 Å². The highest BCUT2D eigenvalue weighted by Gasteiger charge is 2.51. The first-order valence-corrected chi connectivity index (χ1v) is 5.81. The van der Waals surface area contributed by atoms with E-state index in [0.29, 0.717) is 16.2 Å². The molecule has 0 bridgehead atoms. The summed E-state index contributed by atoms with van der Waals surface area (Å²) in [7, 11) is 0. The lowest BCUT2D eigenvalue weighted by molar-refractivity contribution is -0.0196. The van der Waals surface area contributed by atoms with Crippen LogP contribution in [0.2, 0.25) is 0 Å². The molecule has 0 unspecified atom stereocenters. The summed E-state index contributed by atoms with van der Waals surface area (Å²) in [5, 5.41) is 0. The van der Waals surface area contributed by atoms with Crippen LogP contribution >= 0.6 is 0 Å². The zero-order valence-electron chi connectivity index (χ0n) is 11.7. The molecule has 0 atom stereocenters. The first-order chi connectivity index (χ1) is 6.00. The van der Waals surface area contributed by atoms with Crippen LogP contribution in [-0.4, -0.2) is 0 Å². The van der Waals surface area contributed by atoms with Crippen LogP contribution in [0.1, 0.15) is 68.7 Å². The molecule has 0 amide bonds. The van der Waals surface area contributed by atoms with Crippen LogP contribution in [0, 0.1) is 22.2 Å². The molecule has 0 aliphatic rings. The van der Waals surface area contributed by atoms with Crippen molar-refractivity contribution in [2.45, 2.75) is 68.7 Å². The minimum absolute atomic E-state index is 0.332. The van der Waals surface area contributed by atoms with Crippen molar-refractivity contribution in [2.75, 3.05) is 0 Å². The van der Waals surface area contributed by atoms with Crippen molar-refractivity contribution in [1.29, 1.82) is 0 Å². The third-order valence-corrected chi connectivity index (χ3v) is 3.94. The zero-order valence-corrected chi connectivity index (χ0v) is 11.7. The van der Waals surface area contributed by atoms with E-state index >= 15 is 0 Å². The molecule has 0 fully saturated rings. The second-order valence-electron chi connectivity index (χ2n) is 6.76. The van der Waals surface area contributed by atoms with Crippen LogP contribution in [-0.2, 0) is 0 Å². The number of rotatable bonds is 2. The Hall–Kier alpha value is 0. The van der Waals surface area contributed by atoms with Gasteiger partial charge >= 0.3 is 0 Å². The lowest BCUT2D eigenvalue weighted by Crippen LogP contribution is -2.48. The highest BCUT2D eigenvalue weighted by Crippen LogP contribution is 2.59. The summed E-state index contributed by atoms with van der Waals surface area (Å²) in [6.45, 7) is 21.1. The normalized spacial score (nSPS) is 15.0. The monoisotopic (exact) mass is 197 g/mol. The maximum atomic E-state index is 2.37. The average molecular weight is 197 g/mol. The molecule has 0 heterocycles. The smallest absolute Gasteiger partial charge is 0.0146 e. The van der Waals surface area contributed by atoms with E-state index < -0.39 is 0 Å². The molecule has 0 heteroatoms. The van der Waals surface area contributed by atoms with E-state index in [9.17, 15) is 0 Å². The largest absolute Gasteiger partial charge is 0.0648 e. The van der Waals surface area contributed by atoms with E-state index in [1.807, 2.05) is 0 Å². The molecule has 85 valence electrons. The molecule has 0 saturated carbocycles. The van der Waals surface area contributed by atoms with Crippen LogP contribution in [0.4, 0.5) is 0 Å². The molecule has 0 saturated heterocycles. The molecular weight excluding hydrogens is 168 g/mol. The van der Waals surface area contributed by atoms with Gasteiger partial charge in [0.25, 0.3) is 0 Å². The molecule has 1 radical (unpaired) electrons. The lowest BCUT2D eigenvalue weighted by Gasteiger charge is -2.56. The molecule has 0 N–H and O–H groups in total. The van der Waals surface area contributed by atoms with Gasteiger partial charge in [0.05, 0.1) is 0 Å². The second-order valence-corrected chi connectivity index (χ2v) is 6.76. The van der Waals surface area contributed by atoms with Gasteiger partial charge in [0, 0.05) is 0 Å². The Bertz CT molecular complexity index is 159. The highest BCUT2D eigenvalue weighted by molar-refractivity contribution is 5.11. The van der Waals surface area contributed by atoms with Crippen molar-refractivity contribution in [3.8, 4) is 0 Å². The summed E-state index contributed by atoms with van der Waals surface area (Å²) in [4.78, 5) is 0. The highest BCUT2D eigenvalue weighted by atomic mass is 14.5. The third kappa shape index (κ3) is 1.99. The van der Waals surface area contributed by atoms with E-state index in [4.69, 9.17) is 0 Å². The lowest BCUT2D eigenvalue weighted by atomic mass is 9.48. The summed E-state index contributed by atoms with van der Waals surface area (Å²) in [5.74, 6) is 1.57. The SMILES string of the molecule is CCC([C](C)C)(C(C)(C)C)C(C)(C)C. The predicted molar refractivity (Wildman–Crippen MR) is 66.2 cm³/mol. The van der Waals surface area contributed by atoms with Crippen LogP contribution in [0.3, 0.4) is 0 Å². The van der Waals surface area contributed by atoms with E-state index in [1.54, 1.807) is 5.92 Å². The maximum absolute atomic E-state index is 2.37. The second kappa shape index (κ2) is 3.87. The minimum Gasteiger partial charge on any atom is -0.0648 e. The fraction of sp³-hybridized carbons (Fsp3) is 0.929. The quantitative estimate of drug-likeness (QED) is 0.578. The third-order valence-electron chi connectivity index (χ3n) is 3.94. The Morgan fingerprint density at radius 2 is 1.07 bits per heavy atom. The molecule has 0 rings (SSSR count). The van der Waals surface area contributed by atoms with E-state index in [-0.39, 0.29) is 0 Å². The summed E-state index contributed by atoms with van der Waals surface area (Å²) >= 11 is 0. The van der Waals surface area contributed by atoms with Crippen LogP contribution in [0.5, 0.6) is 0 Å². The van der Waals surface area contributed by atoms with Crippen LogP contribution in [0.15, 0.2) is 0 Å². The van der Waals surface area contributed by atoms with E-state index in [0.717, 1.165) is 0 Å². The molecule has 0 aromatic carbocycles. The average Bonchev–Trinajstić information content (AvgIpc) is 1.80. The summed E-state index contributed by atoms with van der Waals surface area (Å²) in [5.41, 5.74) is 0.998. The first kappa shape index (κ1) is 14.0. The van der Waals surface area contributed by atoms with Gasteiger partial charge in [-0.3, -0.25) is 0 Å². The molecule has 14 heavy (non-hydrogen) atoms. The molecule has 0 nitrogen and oxygen atoms in total. The van der Waals surface area contributed by atoms with Gasteiger partial charge in [-0.15, -0.1) is 0 Å². The van der Waals surface area contributed by atoms with Gasteiger partial charge in [-0.2, -0.15) is 0 Å². The van der Waals surface area contributed by atoms with Crippen LogP contribution < -0.4 is 0 Å². The molecule has 0 spiro atoms. The first-order valence-electron chi connectivity index (χ1n) is 5.81. The van der Waals surface area contributed by atoms with Crippen molar-refractivity contribution in [3.05, 3.63) is 5.92 Å². The molecule has 0 aliphatic carbocycles. The zero-order chi connectivity index (χ0) is 11.8. The van der Waals surface area contributed by atoms with Gasteiger partial charge in [-0.25, -0.2) is 0 Å². The summed E-state index contributed by atoms with van der Waals surface area (Å²) in [6.07, 6.45) is 1.22. The Morgan fingerprint density at radius 1 is 0.786 bits per heavy atom. The van der Waals surface area contributed by atoms with Crippen molar-refractivity contribution in [3.63, 3.8) is 0 Å². The Labute approximate surface area is 91.5 Å². The summed E-state index contributed by atoms with van der Waals surface area (Å²) < 4.78 is 0. The fourth-order valence-corrected chi connectivity index (χ4v) is 4.04. The molecule has 0 aromatic rings. The minimum atomic E-state index is 0.332. The van der Waals surface area contributed by atoms with Crippen molar-refractivity contribution >= 4 is 0 Å². The van der Waals surface area contributed by atoms with Crippen molar-refractivity contribution in [2.24, 2.45) is 16.2 Å². The van der Waals surface area contributed by atoms with Gasteiger partial charge in [-0.05, 0) is 28.6 Å². The van der Waals surface area contributed by atoms with Gasteiger partial charge in [0.2, 0.25) is 0 Å². The van der Waals surface area contributed by atoms with Gasteiger partial charge in [0.15, 0.2) is 0 Å². The molecular formula is C14H29.